The summed E-state index contributed by atoms with van der Waals surface area (Å²) in [6.45, 7) is 0.595. The van der Waals surface area contributed by atoms with Crippen LogP contribution in [0.5, 0.6) is 0 Å². The first-order valence-electron chi connectivity index (χ1n) is 6.60. The molecule has 1 fully saturated rings. The third kappa shape index (κ3) is 3.75. The van der Waals surface area contributed by atoms with Crippen LogP contribution in [-0.2, 0) is 0 Å². The van der Waals surface area contributed by atoms with Gasteiger partial charge in [-0.15, -0.1) is 0 Å². The Kier molecular flexibility index (Phi) is 4.72. The number of hydrogen-bond donors (Lipinski definition) is 3. The quantitative estimate of drug-likeness (QED) is 0.440. The minimum atomic E-state index is -0.564. The molecule has 1 aromatic rings. The molecule has 3 nitrogen and oxygen atoms in total. The summed E-state index contributed by atoms with van der Waals surface area (Å²) in [5.74, 6) is 0. The van der Waals surface area contributed by atoms with E-state index in [2.05, 4.69) is 27.9 Å². The molecule has 0 radical (unpaired) electrons. The van der Waals surface area contributed by atoms with Gasteiger partial charge in [0.15, 0.2) is 0 Å². The highest BCUT2D eigenvalue weighted by atomic mass is 127. The van der Waals surface area contributed by atoms with Crippen LogP contribution in [0, 0.1) is 3.57 Å². The van der Waals surface area contributed by atoms with Crippen molar-refractivity contribution >= 4 is 34.0 Å². The number of aliphatic hydroxyl groups is 1. The number of halogens is 1. The van der Waals surface area contributed by atoms with E-state index in [9.17, 15) is 5.11 Å². The first-order chi connectivity index (χ1) is 8.59. The number of nitrogens with two attached hydrogens (primary N) is 1. The van der Waals surface area contributed by atoms with Crippen molar-refractivity contribution in [3.8, 4) is 0 Å². The third-order valence-electron chi connectivity index (χ3n) is 3.66. The smallest absolute Gasteiger partial charge is 0.0819 e. The van der Waals surface area contributed by atoms with Gasteiger partial charge in [-0.2, -0.15) is 0 Å². The van der Waals surface area contributed by atoms with Gasteiger partial charge in [0, 0.05) is 10.1 Å². The molecule has 0 bridgehead atoms. The SMILES string of the molecule is Nc1cc(I)ccc1NCC1(O)CCCCCC1. The summed E-state index contributed by atoms with van der Waals surface area (Å²) in [5, 5.41) is 13.9. The first-order valence-corrected chi connectivity index (χ1v) is 7.68. The van der Waals surface area contributed by atoms with E-state index in [1.165, 1.54) is 12.8 Å². The zero-order chi connectivity index (χ0) is 13.0. The van der Waals surface area contributed by atoms with Crippen LogP contribution in [0.25, 0.3) is 0 Å². The Labute approximate surface area is 122 Å². The normalized spacial score (nSPS) is 19.2. The predicted octanol–water partition coefficient (Wildman–Crippen LogP) is 3.37. The van der Waals surface area contributed by atoms with Crippen molar-refractivity contribution in [2.75, 3.05) is 17.6 Å². The molecule has 0 aliphatic heterocycles. The number of rotatable bonds is 3. The van der Waals surface area contributed by atoms with E-state index in [4.69, 9.17) is 5.73 Å². The summed E-state index contributed by atoms with van der Waals surface area (Å²) in [6.07, 6.45) is 6.53. The molecule has 4 N–H and O–H groups in total. The second-order valence-corrected chi connectivity index (χ2v) is 6.47. The Morgan fingerprint density at radius 1 is 1.22 bits per heavy atom. The zero-order valence-corrected chi connectivity index (χ0v) is 12.7. The zero-order valence-electron chi connectivity index (χ0n) is 10.6. The van der Waals surface area contributed by atoms with Crippen molar-refractivity contribution in [1.29, 1.82) is 0 Å². The lowest BCUT2D eigenvalue weighted by Crippen LogP contribution is -2.36. The van der Waals surface area contributed by atoms with Gasteiger partial charge in [-0.05, 0) is 53.6 Å². The minimum Gasteiger partial charge on any atom is -0.397 e. The van der Waals surface area contributed by atoms with Gasteiger partial charge in [0.05, 0.1) is 17.0 Å². The van der Waals surface area contributed by atoms with Crippen LogP contribution in [0.4, 0.5) is 11.4 Å². The van der Waals surface area contributed by atoms with Crippen molar-refractivity contribution in [1.82, 2.24) is 0 Å². The van der Waals surface area contributed by atoms with E-state index in [0.29, 0.717) is 6.54 Å². The Bertz CT molecular complexity index is 401. The van der Waals surface area contributed by atoms with E-state index in [1.54, 1.807) is 0 Å². The lowest BCUT2D eigenvalue weighted by molar-refractivity contribution is 0.0381. The Balaban J connectivity index is 1.97. The fraction of sp³-hybridized carbons (Fsp3) is 0.571. The van der Waals surface area contributed by atoms with Crippen LogP contribution < -0.4 is 11.1 Å². The maximum atomic E-state index is 10.6. The van der Waals surface area contributed by atoms with E-state index >= 15 is 0 Å². The van der Waals surface area contributed by atoms with E-state index in [1.807, 2.05) is 18.2 Å². The molecule has 1 aliphatic rings. The fourth-order valence-corrected chi connectivity index (χ4v) is 3.03. The van der Waals surface area contributed by atoms with Gasteiger partial charge in [-0.3, -0.25) is 0 Å². The monoisotopic (exact) mass is 360 g/mol. The fourth-order valence-electron chi connectivity index (χ4n) is 2.52. The van der Waals surface area contributed by atoms with Crippen LogP contribution in [0.2, 0.25) is 0 Å². The minimum absolute atomic E-state index is 0.564. The maximum absolute atomic E-state index is 10.6. The molecule has 0 heterocycles. The summed E-state index contributed by atoms with van der Waals surface area (Å²) >= 11 is 2.24. The summed E-state index contributed by atoms with van der Waals surface area (Å²) in [4.78, 5) is 0. The first kappa shape index (κ1) is 13.9. The van der Waals surface area contributed by atoms with Crippen molar-refractivity contribution in [2.45, 2.75) is 44.1 Å². The highest BCUT2D eigenvalue weighted by Crippen LogP contribution is 2.28. The average Bonchev–Trinajstić information content (AvgIpc) is 2.54. The van der Waals surface area contributed by atoms with Gasteiger partial charge >= 0.3 is 0 Å². The van der Waals surface area contributed by atoms with E-state index < -0.39 is 5.60 Å². The molecule has 1 saturated carbocycles. The van der Waals surface area contributed by atoms with Crippen LogP contribution >= 0.6 is 22.6 Å². The van der Waals surface area contributed by atoms with E-state index in [0.717, 1.165) is 40.6 Å². The molecular weight excluding hydrogens is 339 g/mol. The van der Waals surface area contributed by atoms with Crippen molar-refractivity contribution < 1.29 is 5.11 Å². The van der Waals surface area contributed by atoms with Gasteiger partial charge in [0.25, 0.3) is 0 Å². The second-order valence-electron chi connectivity index (χ2n) is 5.22. The molecule has 0 unspecified atom stereocenters. The number of nitrogen functional groups attached to an aromatic ring is 1. The molecule has 18 heavy (non-hydrogen) atoms. The van der Waals surface area contributed by atoms with Crippen molar-refractivity contribution in [3.63, 3.8) is 0 Å². The molecule has 0 aromatic heterocycles. The summed E-state index contributed by atoms with van der Waals surface area (Å²) < 4.78 is 1.13. The molecular formula is C14H21IN2O. The molecule has 0 spiro atoms. The predicted molar refractivity (Wildman–Crippen MR) is 84.7 cm³/mol. The highest BCUT2D eigenvalue weighted by molar-refractivity contribution is 14.1. The van der Waals surface area contributed by atoms with Gasteiger partial charge in [0.2, 0.25) is 0 Å². The van der Waals surface area contributed by atoms with Gasteiger partial charge in [-0.25, -0.2) is 0 Å². The molecule has 0 atom stereocenters. The summed E-state index contributed by atoms with van der Waals surface area (Å²) in [7, 11) is 0. The maximum Gasteiger partial charge on any atom is 0.0819 e. The lowest BCUT2D eigenvalue weighted by atomic mass is 9.94. The highest BCUT2D eigenvalue weighted by Gasteiger charge is 2.27. The van der Waals surface area contributed by atoms with E-state index in [-0.39, 0.29) is 0 Å². The number of anilines is 2. The Hall–Kier alpha value is -0.490. The molecule has 4 heteroatoms. The molecule has 0 amide bonds. The summed E-state index contributed by atoms with van der Waals surface area (Å²) in [5.41, 5.74) is 7.07. The largest absolute Gasteiger partial charge is 0.397 e. The molecule has 2 rings (SSSR count). The van der Waals surface area contributed by atoms with Crippen molar-refractivity contribution in [3.05, 3.63) is 21.8 Å². The van der Waals surface area contributed by atoms with Crippen LogP contribution in [0.15, 0.2) is 18.2 Å². The summed E-state index contributed by atoms with van der Waals surface area (Å²) in [6, 6.07) is 5.95. The molecule has 0 saturated heterocycles. The Morgan fingerprint density at radius 2 is 1.89 bits per heavy atom. The molecule has 100 valence electrons. The number of hydrogen-bond acceptors (Lipinski definition) is 3. The standard InChI is InChI=1S/C14H21IN2O/c15-11-5-6-13(12(16)9-11)17-10-14(18)7-3-1-2-4-8-14/h5-6,9,17-18H,1-4,7-8,10,16H2. The number of benzene rings is 1. The second kappa shape index (κ2) is 6.10. The topological polar surface area (TPSA) is 58.3 Å². The van der Waals surface area contributed by atoms with Crippen molar-refractivity contribution in [2.24, 2.45) is 0 Å². The Morgan fingerprint density at radius 3 is 2.50 bits per heavy atom. The third-order valence-corrected chi connectivity index (χ3v) is 4.33. The molecule has 1 aromatic carbocycles. The number of nitrogens with one attached hydrogen (secondary N) is 1. The van der Waals surface area contributed by atoms with Crippen LogP contribution in [0.1, 0.15) is 38.5 Å². The molecule has 1 aliphatic carbocycles. The van der Waals surface area contributed by atoms with Crippen LogP contribution in [0.3, 0.4) is 0 Å². The lowest BCUT2D eigenvalue weighted by Gasteiger charge is -2.27. The van der Waals surface area contributed by atoms with Gasteiger partial charge in [-0.1, -0.05) is 25.7 Å². The van der Waals surface area contributed by atoms with Crippen LogP contribution in [-0.4, -0.2) is 17.3 Å². The van der Waals surface area contributed by atoms with Gasteiger partial charge in [0.1, 0.15) is 0 Å². The van der Waals surface area contributed by atoms with Gasteiger partial charge < -0.3 is 16.2 Å². The average molecular weight is 360 g/mol.